The van der Waals surface area contributed by atoms with Crippen LogP contribution in [0.25, 0.3) is 0 Å². The van der Waals surface area contributed by atoms with Crippen LogP contribution in [0.4, 0.5) is 21.1 Å². The van der Waals surface area contributed by atoms with Crippen LogP contribution in [0.1, 0.15) is 6.92 Å². The van der Waals surface area contributed by atoms with Gasteiger partial charge in [0.2, 0.25) is 0 Å². The molecule has 0 unspecified atom stereocenters. The van der Waals surface area contributed by atoms with Gasteiger partial charge < -0.3 is 11.5 Å². The van der Waals surface area contributed by atoms with Gasteiger partial charge in [0.25, 0.3) is 0 Å². The molecule has 10 nitrogen and oxygen atoms in total. The van der Waals surface area contributed by atoms with E-state index in [0.29, 0.717) is 16.6 Å². The molecule has 0 aliphatic carbocycles. The maximum absolute atomic E-state index is 11.0. The van der Waals surface area contributed by atoms with Crippen LogP contribution in [0.2, 0.25) is 0 Å². The van der Waals surface area contributed by atoms with E-state index in [-0.39, 0.29) is 11.5 Å². The van der Waals surface area contributed by atoms with Gasteiger partial charge in [-0.2, -0.15) is 5.10 Å². The summed E-state index contributed by atoms with van der Waals surface area (Å²) in [4.78, 5) is 22.0. The third-order valence-corrected chi connectivity index (χ3v) is 2.06. The standard InChI is InChI=1S/C7H14N8O2/c1-2-13-5(15(11)7(9)17)4(3-12-13)14(10)6(8)16/h3H,2,10-11H2,1H3,(H2,8,16)(H2,9,17). The van der Waals surface area contributed by atoms with E-state index in [2.05, 4.69) is 5.10 Å². The molecular formula is C7H14N8O2. The van der Waals surface area contributed by atoms with Crippen LogP contribution in [0.15, 0.2) is 6.20 Å². The average Bonchev–Trinajstić information content (AvgIpc) is 2.69. The minimum atomic E-state index is -0.917. The van der Waals surface area contributed by atoms with Gasteiger partial charge in [-0.15, -0.1) is 0 Å². The van der Waals surface area contributed by atoms with E-state index in [1.165, 1.54) is 10.9 Å². The molecule has 0 bridgehead atoms. The topological polar surface area (TPSA) is 163 Å². The predicted molar refractivity (Wildman–Crippen MR) is 60.4 cm³/mol. The molecule has 1 aromatic rings. The van der Waals surface area contributed by atoms with Crippen molar-refractivity contribution >= 4 is 23.6 Å². The molecule has 0 fully saturated rings. The first-order valence-corrected chi connectivity index (χ1v) is 4.64. The highest BCUT2D eigenvalue weighted by molar-refractivity contribution is 5.97. The smallest absolute Gasteiger partial charge is 0.335 e. The Morgan fingerprint density at radius 2 is 1.82 bits per heavy atom. The Morgan fingerprint density at radius 3 is 2.24 bits per heavy atom. The van der Waals surface area contributed by atoms with Gasteiger partial charge in [0.05, 0.1) is 6.20 Å². The Balaban J connectivity index is 3.28. The third-order valence-electron chi connectivity index (χ3n) is 2.06. The van der Waals surface area contributed by atoms with Crippen molar-refractivity contribution in [2.45, 2.75) is 13.5 Å². The molecule has 10 heteroatoms. The Morgan fingerprint density at radius 1 is 1.29 bits per heavy atom. The normalized spacial score (nSPS) is 10.1. The number of hydrogen-bond acceptors (Lipinski definition) is 5. The van der Waals surface area contributed by atoms with Crippen molar-refractivity contribution < 1.29 is 9.59 Å². The Bertz CT molecular complexity index is 441. The first-order chi connectivity index (χ1) is 7.90. The lowest BCUT2D eigenvalue weighted by Crippen LogP contribution is -2.46. The summed E-state index contributed by atoms with van der Waals surface area (Å²) < 4.78 is 1.35. The van der Waals surface area contributed by atoms with Gasteiger partial charge in [0.1, 0.15) is 5.69 Å². The lowest BCUT2D eigenvalue weighted by Gasteiger charge is -2.20. The van der Waals surface area contributed by atoms with E-state index < -0.39 is 12.1 Å². The van der Waals surface area contributed by atoms with Gasteiger partial charge in [-0.1, -0.05) is 0 Å². The van der Waals surface area contributed by atoms with Crippen LogP contribution in [-0.4, -0.2) is 21.8 Å². The SMILES string of the molecule is CCn1ncc(N(N)C(N)=O)c1N(N)C(N)=O. The molecule has 0 radical (unpaired) electrons. The average molecular weight is 242 g/mol. The quantitative estimate of drug-likeness (QED) is 0.285. The van der Waals surface area contributed by atoms with Crippen molar-refractivity contribution in [1.29, 1.82) is 0 Å². The van der Waals surface area contributed by atoms with Crippen LogP contribution in [-0.2, 0) is 6.54 Å². The van der Waals surface area contributed by atoms with E-state index in [1.807, 2.05) is 0 Å². The summed E-state index contributed by atoms with van der Waals surface area (Å²) in [6, 6.07) is -1.83. The number of urea groups is 2. The van der Waals surface area contributed by atoms with Crippen molar-refractivity contribution in [2.24, 2.45) is 23.2 Å². The van der Waals surface area contributed by atoms with Gasteiger partial charge in [-0.3, -0.25) is 0 Å². The Labute approximate surface area is 96.6 Å². The van der Waals surface area contributed by atoms with E-state index >= 15 is 0 Å². The molecule has 0 saturated carbocycles. The molecule has 0 spiro atoms. The van der Waals surface area contributed by atoms with E-state index in [4.69, 9.17) is 23.2 Å². The summed E-state index contributed by atoms with van der Waals surface area (Å²) in [6.07, 6.45) is 1.26. The molecule has 0 aliphatic heterocycles. The number of carbonyl (C=O) groups excluding carboxylic acids is 2. The van der Waals surface area contributed by atoms with Crippen LogP contribution in [0.5, 0.6) is 0 Å². The van der Waals surface area contributed by atoms with Crippen molar-refractivity contribution in [1.82, 2.24) is 9.78 Å². The number of primary amides is 2. The zero-order chi connectivity index (χ0) is 13.2. The summed E-state index contributed by atoms with van der Waals surface area (Å²) >= 11 is 0. The predicted octanol–water partition coefficient (Wildman–Crippen LogP) is -1.58. The first kappa shape index (κ1) is 12.7. The summed E-state index contributed by atoms with van der Waals surface area (Å²) in [7, 11) is 0. The van der Waals surface area contributed by atoms with Gasteiger partial charge in [0.15, 0.2) is 5.82 Å². The number of aryl methyl sites for hydroxylation is 1. The number of amides is 4. The number of nitrogens with two attached hydrogens (primary N) is 4. The summed E-state index contributed by atoms with van der Waals surface area (Å²) in [6.45, 7) is 2.17. The zero-order valence-corrected chi connectivity index (χ0v) is 9.20. The highest BCUT2D eigenvalue weighted by Crippen LogP contribution is 2.25. The van der Waals surface area contributed by atoms with Crippen molar-refractivity contribution in [2.75, 3.05) is 10.0 Å². The molecule has 1 rings (SSSR count). The highest BCUT2D eigenvalue weighted by atomic mass is 16.2. The van der Waals surface area contributed by atoms with Gasteiger partial charge in [-0.25, -0.2) is 36.0 Å². The molecule has 1 heterocycles. The number of hydrazine groups is 2. The lowest BCUT2D eigenvalue weighted by molar-refractivity contribution is 0.252. The van der Waals surface area contributed by atoms with E-state index in [1.54, 1.807) is 6.92 Å². The largest absolute Gasteiger partial charge is 0.350 e. The fourth-order valence-electron chi connectivity index (χ4n) is 1.24. The molecule has 17 heavy (non-hydrogen) atoms. The molecule has 0 aromatic carbocycles. The molecular weight excluding hydrogens is 228 g/mol. The van der Waals surface area contributed by atoms with Gasteiger partial charge in [-0.05, 0) is 6.92 Å². The lowest BCUT2D eigenvalue weighted by atomic mass is 10.4. The number of hydrogen-bond donors (Lipinski definition) is 4. The van der Waals surface area contributed by atoms with Crippen LogP contribution in [0.3, 0.4) is 0 Å². The van der Waals surface area contributed by atoms with Crippen molar-refractivity contribution in [3.63, 3.8) is 0 Å². The van der Waals surface area contributed by atoms with Crippen molar-refractivity contribution in [3.8, 4) is 0 Å². The molecule has 4 amide bonds. The first-order valence-electron chi connectivity index (χ1n) is 4.64. The summed E-state index contributed by atoms with van der Waals surface area (Å²) in [5.74, 6) is 11.0. The summed E-state index contributed by atoms with van der Waals surface area (Å²) in [5, 5.41) is 5.16. The Kier molecular flexibility index (Phi) is 3.50. The highest BCUT2D eigenvalue weighted by Gasteiger charge is 2.23. The number of anilines is 2. The molecule has 0 atom stereocenters. The molecule has 0 aliphatic rings. The van der Waals surface area contributed by atoms with Crippen molar-refractivity contribution in [3.05, 3.63) is 6.20 Å². The van der Waals surface area contributed by atoms with Crippen LogP contribution < -0.4 is 33.2 Å². The second-order valence-electron chi connectivity index (χ2n) is 3.09. The maximum atomic E-state index is 11.0. The molecule has 0 saturated heterocycles. The van der Waals surface area contributed by atoms with E-state index in [0.717, 1.165) is 0 Å². The second kappa shape index (κ2) is 4.67. The summed E-state index contributed by atoms with van der Waals surface area (Å²) in [5.41, 5.74) is 10.1. The van der Waals surface area contributed by atoms with Crippen LogP contribution >= 0.6 is 0 Å². The molecule has 8 N–H and O–H groups in total. The maximum Gasteiger partial charge on any atom is 0.335 e. The zero-order valence-electron chi connectivity index (χ0n) is 9.20. The number of rotatable bonds is 3. The number of carbonyl (C=O) groups is 2. The fraction of sp³-hybridized carbons (Fsp3) is 0.286. The monoisotopic (exact) mass is 242 g/mol. The minimum Gasteiger partial charge on any atom is -0.350 e. The molecule has 1 aromatic heterocycles. The third kappa shape index (κ3) is 2.26. The number of nitrogens with zero attached hydrogens (tertiary/aromatic N) is 4. The number of aromatic nitrogens is 2. The van der Waals surface area contributed by atoms with Crippen LogP contribution in [0, 0.1) is 0 Å². The fourth-order valence-corrected chi connectivity index (χ4v) is 1.24. The molecule has 94 valence electrons. The van der Waals surface area contributed by atoms with Gasteiger partial charge in [0, 0.05) is 6.54 Å². The van der Waals surface area contributed by atoms with Gasteiger partial charge >= 0.3 is 12.1 Å². The Hall–Kier alpha value is -2.33. The second-order valence-corrected chi connectivity index (χ2v) is 3.09. The van der Waals surface area contributed by atoms with E-state index in [9.17, 15) is 9.59 Å². The minimum absolute atomic E-state index is 0.0839.